The van der Waals surface area contributed by atoms with Crippen molar-refractivity contribution in [1.82, 2.24) is 4.37 Å². The lowest BCUT2D eigenvalue weighted by atomic mass is 10.2. The van der Waals surface area contributed by atoms with Crippen molar-refractivity contribution in [3.63, 3.8) is 0 Å². The molecule has 20 heavy (non-hydrogen) atoms. The van der Waals surface area contributed by atoms with E-state index in [-0.39, 0.29) is 11.5 Å². The average Bonchev–Trinajstić information content (AvgIpc) is 2.69. The molecular formula is C12H13N3O4S. The Morgan fingerprint density at radius 3 is 2.75 bits per heavy atom. The van der Waals surface area contributed by atoms with E-state index in [0.717, 1.165) is 16.2 Å². The number of rotatable bonds is 2. The van der Waals surface area contributed by atoms with Crippen LogP contribution in [0.4, 0.5) is 16.3 Å². The zero-order valence-corrected chi connectivity index (χ0v) is 12.0. The van der Waals surface area contributed by atoms with E-state index in [2.05, 4.69) is 9.69 Å². The maximum atomic E-state index is 11.7. The van der Waals surface area contributed by atoms with Crippen molar-refractivity contribution < 1.29 is 14.5 Å². The Hall–Kier alpha value is -2.22. The molecule has 0 fully saturated rings. The number of carbonyl (C=O) groups is 1. The lowest BCUT2D eigenvalue weighted by Crippen LogP contribution is -2.27. The van der Waals surface area contributed by atoms with Gasteiger partial charge in [0.2, 0.25) is 0 Å². The van der Waals surface area contributed by atoms with Gasteiger partial charge >= 0.3 is 6.09 Å². The van der Waals surface area contributed by atoms with Crippen LogP contribution in [0, 0.1) is 10.1 Å². The number of aromatic nitrogens is 1. The van der Waals surface area contributed by atoms with Crippen LogP contribution in [0.5, 0.6) is 0 Å². The molecule has 1 heterocycles. The van der Waals surface area contributed by atoms with E-state index in [4.69, 9.17) is 4.74 Å². The van der Waals surface area contributed by atoms with E-state index < -0.39 is 16.6 Å². The predicted octanol–water partition coefficient (Wildman–Crippen LogP) is 3.55. The number of ether oxygens (including phenoxy) is 1. The van der Waals surface area contributed by atoms with Gasteiger partial charge in [0.25, 0.3) is 5.69 Å². The van der Waals surface area contributed by atoms with Gasteiger partial charge in [-0.2, -0.15) is 4.37 Å². The molecule has 2 aromatic rings. The lowest BCUT2D eigenvalue weighted by Gasteiger charge is -2.19. The molecule has 2 rings (SSSR count). The normalized spacial score (nSPS) is 11.3. The summed E-state index contributed by atoms with van der Waals surface area (Å²) in [4.78, 5) is 22.0. The number of fused-ring (bicyclic) bond motifs is 1. The van der Waals surface area contributed by atoms with Crippen LogP contribution in [0.3, 0.4) is 0 Å². The molecule has 106 valence electrons. The highest BCUT2D eigenvalue weighted by Gasteiger charge is 2.19. The number of hydrogen-bond donors (Lipinski definition) is 1. The Morgan fingerprint density at radius 2 is 2.15 bits per heavy atom. The second kappa shape index (κ2) is 5.04. The number of nitrogens with one attached hydrogen (secondary N) is 1. The lowest BCUT2D eigenvalue weighted by molar-refractivity contribution is -0.384. The van der Waals surface area contributed by atoms with Crippen LogP contribution in [0.2, 0.25) is 0 Å². The van der Waals surface area contributed by atoms with Gasteiger partial charge in [-0.25, -0.2) is 4.79 Å². The number of anilines is 1. The van der Waals surface area contributed by atoms with Gasteiger partial charge in [-0.05, 0) is 38.4 Å². The van der Waals surface area contributed by atoms with Gasteiger partial charge in [0, 0.05) is 17.5 Å². The highest BCUT2D eigenvalue weighted by Crippen LogP contribution is 2.30. The molecule has 0 unspecified atom stereocenters. The Labute approximate surface area is 118 Å². The van der Waals surface area contributed by atoms with Crippen molar-refractivity contribution in [1.29, 1.82) is 0 Å². The number of hydrogen-bond acceptors (Lipinski definition) is 6. The van der Waals surface area contributed by atoms with Gasteiger partial charge in [0.05, 0.1) is 9.62 Å². The molecule has 1 amide bonds. The fourth-order valence-corrected chi connectivity index (χ4v) is 2.25. The minimum atomic E-state index is -0.642. The summed E-state index contributed by atoms with van der Waals surface area (Å²) in [6.07, 6.45) is -0.642. The second-order valence-corrected chi connectivity index (χ2v) is 5.90. The highest BCUT2D eigenvalue weighted by molar-refractivity contribution is 7.13. The van der Waals surface area contributed by atoms with E-state index in [0.29, 0.717) is 5.39 Å². The molecule has 0 aliphatic heterocycles. The average molecular weight is 295 g/mol. The molecule has 0 spiro atoms. The molecular weight excluding hydrogens is 282 g/mol. The number of benzene rings is 1. The third-order valence-electron chi connectivity index (χ3n) is 2.28. The summed E-state index contributed by atoms with van der Waals surface area (Å²) in [5.41, 5.74) is -0.674. The first-order valence-corrected chi connectivity index (χ1v) is 6.57. The van der Waals surface area contributed by atoms with Crippen molar-refractivity contribution in [2.24, 2.45) is 0 Å². The van der Waals surface area contributed by atoms with Crippen LogP contribution in [0.25, 0.3) is 10.1 Å². The molecule has 0 saturated carbocycles. The van der Waals surface area contributed by atoms with Crippen LogP contribution in [0.15, 0.2) is 18.2 Å². The number of carbonyl (C=O) groups excluding carboxylic acids is 1. The van der Waals surface area contributed by atoms with Gasteiger partial charge in [-0.15, -0.1) is 0 Å². The SMILES string of the molecule is CC(C)(C)OC(=O)Nc1nsc2ccc([N+](=O)[O-])cc12. The quantitative estimate of drug-likeness (QED) is 0.675. The van der Waals surface area contributed by atoms with E-state index in [9.17, 15) is 14.9 Å². The fraction of sp³-hybridized carbons (Fsp3) is 0.333. The van der Waals surface area contributed by atoms with Crippen molar-refractivity contribution in [2.75, 3.05) is 5.32 Å². The van der Waals surface area contributed by atoms with E-state index in [1.165, 1.54) is 12.1 Å². The molecule has 0 radical (unpaired) electrons. The monoisotopic (exact) mass is 295 g/mol. The Bertz CT molecular complexity index is 675. The van der Waals surface area contributed by atoms with Gasteiger partial charge in [-0.1, -0.05) is 0 Å². The van der Waals surface area contributed by atoms with Gasteiger partial charge in [0.1, 0.15) is 5.60 Å². The van der Waals surface area contributed by atoms with Crippen LogP contribution in [-0.2, 0) is 4.74 Å². The predicted molar refractivity (Wildman–Crippen MR) is 76.1 cm³/mol. The molecule has 1 aromatic carbocycles. The van der Waals surface area contributed by atoms with E-state index in [1.54, 1.807) is 26.8 Å². The fourth-order valence-electron chi connectivity index (χ4n) is 1.53. The third-order valence-corrected chi connectivity index (χ3v) is 3.11. The molecule has 8 heteroatoms. The molecule has 0 bridgehead atoms. The van der Waals surface area contributed by atoms with E-state index >= 15 is 0 Å². The molecule has 0 saturated heterocycles. The van der Waals surface area contributed by atoms with E-state index in [1.807, 2.05) is 0 Å². The number of nitro benzene ring substituents is 1. The first kappa shape index (κ1) is 14.2. The Kier molecular flexibility index (Phi) is 3.58. The number of non-ortho nitro benzene ring substituents is 1. The van der Waals surface area contributed by atoms with Crippen LogP contribution < -0.4 is 5.32 Å². The van der Waals surface area contributed by atoms with Gasteiger partial charge in [-0.3, -0.25) is 15.4 Å². The Morgan fingerprint density at radius 1 is 1.45 bits per heavy atom. The molecule has 0 aliphatic rings. The molecule has 1 N–H and O–H groups in total. The van der Waals surface area contributed by atoms with Crippen molar-refractivity contribution in [2.45, 2.75) is 26.4 Å². The first-order valence-electron chi connectivity index (χ1n) is 5.80. The topological polar surface area (TPSA) is 94.4 Å². The molecule has 0 atom stereocenters. The number of amides is 1. The van der Waals surface area contributed by atoms with Crippen molar-refractivity contribution in [3.05, 3.63) is 28.3 Å². The zero-order valence-electron chi connectivity index (χ0n) is 11.2. The summed E-state index contributed by atoms with van der Waals surface area (Å²) < 4.78 is 9.94. The summed E-state index contributed by atoms with van der Waals surface area (Å²) >= 11 is 1.15. The summed E-state index contributed by atoms with van der Waals surface area (Å²) in [7, 11) is 0. The summed E-state index contributed by atoms with van der Waals surface area (Å²) in [6.45, 7) is 5.24. The number of nitrogens with zero attached hydrogens (tertiary/aromatic N) is 2. The first-order chi connectivity index (χ1) is 9.26. The van der Waals surface area contributed by atoms with Gasteiger partial charge in [0.15, 0.2) is 5.82 Å². The maximum absolute atomic E-state index is 11.7. The zero-order chi connectivity index (χ0) is 14.9. The van der Waals surface area contributed by atoms with Crippen LogP contribution >= 0.6 is 11.5 Å². The van der Waals surface area contributed by atoms with Crippen molar-refractivity contribution in [3.8, 4) is 0 Å². The molecule has 0 aliphatic carbocycles. The van der Waals surface area contributed by atoms with Gasteiger partial charge < -0.3 is 4.74 Å². The highest BCUT2D eigenvalue weighted by atomic mass is 32.1. The minimum absolute atomic E-state index is 0.0510. The standard InChI is InChI=1S/C12H13N3O4S/c1-12(2,3)19-11(16)13-10-8-6-7(15(17)18)4-5-9(8)20-14-10/h4-6H,1-3H3,(H,13,14,16). The molecule has 7 nitrogen and oxygen atoms in total. The number of nitro groups is 1. The summed E-state index contributed by atoms with van der Waals surface area (Å²) in [5.74, 6) is 0.267. The minimum Gasteiger partial charge on any atom is -0.444 e. The second-order valence-electron chi connectivity index (χ2n) is 5.10. The van der Waals surface area contributed by atoms with Crippen LogP contribution in [0.1, 0.15) is 20.8 Å². The largest absolute Gasteiger partial charge is 0.444 e. The summed E-state index contributed by atoms with van der Waals surface area (Å²) in [5, 5.41) is 13.8. The smallest absolute Gasteiger partial charge is 0.413 e. The Balaban J connectivity index is 2.28. The maximum Gasteiger partial charge on any atom is 0.413 e. The molecule has 1 aromatic heterocycles. The third kappa shape index (κ3) is 3.21. The summed E-state index contributed by atoms with van der Waals surface area (Å²) in [6, 6.07) is 4.38. The van der Waals surface area contributed by atoms with Crippen molar-refractivity contribution >= 4 is 39.2 Å². The van der Waals surface area contributed by atoms with Crippen LogP contribution in [-0.4, -0.2) is 21.0 Å².